The normalized spacial score (nSPS) is 14.3. The molecule has 0 aliphatic heterocycles. The molecule has 0 spiro atoms. The van der Waals surface area contributed by atoms with Gasteiger partial charge >= 0.3 is 0 Å². The smallest absolute Gasteiger partial charge is 0.261 e. The number of carbonyl (C=O) groups is 1. The van der Waals surface area contributed by atoms with Gasteiger partial charge in [0.15, 0.2) is 11.6 Å². The van der Waals surface area contributed by atoms with Crippen LogP contribution in [-0.2, 0) is 22.6 Å². The van der Waals surface area contributed by atoms with E-state index in [1.54, 1.807) is 18.2 Å². The average Bonchev–Trinajstić information content (AvgIpc) is 3.24. The van der Waals surface area contributed by atoms with E-state index in [1.807, 2.05) is 0 Å². The third-order valence-electron chi connectivity index (χ3n) is 5.16. The second kappa shape index (κ2) is 8.74. The Morgan fingerprint density at radius 2 is 1.97 bits per heavy atom. The number of halogens is 2. The molecule has 33 heavy (non-hydrogen) atoms. The predicted molar refractivity (Wildman–Crippen MR) is 116 cm³/mol. The molecule has 2 aromatic carbocycles. The number of methoxy groups -OCH3 is 1. The third kappa shape index (κ3) is 4.49. The number of carbonyl (C=O) groups excluding carboxylic acids is 1. The second-order valence-electron chi connectivity index (χ2n) is 7.48. The highest BCUT2D eigenvalue weighted by Crippen LogP contribution is 2.37. The Morgan fingerprint density at radius 1 is 1.18 bits per heavy atom. The predicted octanol–water partition coefficient (Wildman–Crippen LogP) is 4.33. The van der Waals surface area contributed by atoms with Gasteiger partial charge in [-0.2, -0.15) is 9.49 Å². The number of nitrogens with one attached hydrogen (secondary N) is 2. The van der Waals surface area contributed by atoms with Crippen LogP contribution >= 0.6 is 0 Å². The zero-order valence-electron chi connectivity index (χ0n) is 17.8. The van der Waals surface area contributed by atoms with E-state index in [-0.39, 0.29) is 22.1 Å². The summed E-state index contributed by atoms with van der Waals surface area (Å²) in [4.78, 5) is 13.5. The molecule has 1 aliphatic rings. The lowest BCUT2D eigenvalue weighted by atomic mass is 10.1. The summed E-state index contributed by atoms with van der Waals surface area (Å²) < 4.78 is 58.2. The molecular formula is C22H20F2N4O4S. The average molecular weight is 474 g/mol. The highest BCUT2D eigenvalue weighted by Gasteiger charge is 2.28. The van der Waals surface area contributed by atoms with Crippen LogP contribution in [0.25, 0.3) is 0 Å². The summed E-state index contributed by atoms with van der Waals surface area (Å²) in [6.45, 7) is 0. The molecule has 0 saturated carbocycles. The topological polar surface area (TPSA) is 114 Å². The van der Waals surface area contributed by atoms with Gasteiger partial charge < -0.3 is 14.8 Å². The van der Waals surface area contributed by atoms with Crippen molar-refractivity contribution >= 4 is 21.3 Å². The number of nitrogens with zero attached hydrogens (tertiary/aromatic N) is 2. The first kappa shape index (κ1) is 22.6. The summed E-state index contributed by atoms with van der Waals surface area (Å²) in [5.41, 5.74) is 1.74. The lowest BCUT2D eigenvalue weighted by molar-refractivity contribution is 0.102. The van der Waals surface area contributed by atoms with E-state index >= 15 is 0 Å². The van der Waals surface area contributed by atoms with Gasteiger partial charge in [-0.15, -0.1) is 5.10 Å². The summed E-state index contributed by atoms with van der Waals surface area (Å²) >= 11 is 0. The van der Waals surface area contributed by atoms with Gasteiger partial charge in [0.25, 0.3) is 11.8 Å². The number of benzene rings is 2. The van der Waals surface area contributed by atoms with E-state index in [0.717, 1.165) is 19.6 Å². The van der Waals surface area contributed by atoms with Gasteiger partial charge in [0.1, 0.15) is 5.56 Å². The largest absolute Gasteiger partial charge is 0.490 e. The molecule has 1 unspecified atom stereocenters. The molecule has 8 nitrogen and oxygen atoms in total. The quantitative estimate of drug-likeness (QED) is 0.550. The highest BCUT2D eigenvalue weighted by molar-refractivity contribution is 7.91. The lowest BCUT2D eigenvalue weighted by Gasteiger charge is -2.15. The van der Waals surface area contributed by atoms with Gasteiger partial charge in [-0.05, 0) is 55.2 Å². The van der Waals surface area contributed by atoms with Crippen LogP contribution in [0.15, 0.2) is 41.3 Å². The Kier molecular flexibility index (Phi) is 5.98. The van der Waals surface area contributed by atoms with Crippen LogP contribution in [-0.4, -0.2) is 33.7 Å². The van der Waals surface area contributed by atoms with Crippen LogP contribution in [0.2, 0.25) is 0 Å². The van der Waals surface area contributed by atoms with Crippen molar-refractivity contribution in [3.05, 3.63) is 64.9 Å². The van der Waals surface area contributed by atoms with Crippen molar-refractivity contribution in [3.8, 4) is 17.4 Å². The fraction of sp³-hybridized carbons (Fsp3) is 0.227. The number of fused-ring (bicyclic) bond motifs is 1. The summed E-state index contributed by atoms with van der Waals surface area (Å²) in [6.07, 6.45) is 3.27. The van der Waals surface area contributed by atoms with Gasteiger partial charge in [0, 0.05) is 16.8 Å². The molecule has 2 N–H and O–H groups in total. The molecule has 0 radical (unpaired) electrons. The van der Waals surface area contributed by atoms with Crippen LogP contribution in [0.5, 0.6) is 17.4 Å². The maximum absolute atomic E-state index is 14.1. The Hall–Kier alpha value is -3.60. The zero-order chi connectivity index (χ0) is 23.8. The number of ether oxygens (including phenoxy) is 2. The molecule has 1 aromatic heterocycles. The number of rotatable bonds is 6. The second-order valence-corrected chi connectivity index (χ2v) is 9.64. The van der Waals surface area contributed by atoms with Crippen LogP contribution in [0.1, 0.15) is 28.0 Å². The van der Waals surface area contributed by atoms with E-state index in [2.05, 4.69) is 15.5 Å². The minimum Gasteiger partial charge on any atom is -0.490 e. The standard InChI is InChI=1S/C22H20F2N4O4S/c1-31-20-17(10-9-15(23)19(20)24)32-22-18(14-7-4-8-16(14)27-28-22)21(29)26-12-5-3-6-13(11-12)33(2,25)30/h3,5-6,9-11,25H,4,7-8H2,1-2H3,(H,26,29). The van der Waals surface area contributed by atoms with E-state index in [4.69, 9.17) is 14.3 Å². The molecule has 1 atom stereocenters. The summed E-state index contributed by atoms with van der Waals surface area (Å²) in [5, 5.41) is 10.8. The summed E-state index contributed by atoms with van der Waals surface area (Å²) in [5.74, 6) is -3.73. The monoisotopic (exact) mass is 474 g/mol. The van der Waals surface area contributed by atoms with Gasteiger partial charge in [-0.1, -0.05) is 6.07 Å². The molecule has 1 aliphatic carbocycles. The highest BCUT2D eigenvalue weighted by atomic mass is 32.2. The number of aryl methyl sites for hydroxylation is 1. The Balaban J connectivity index is 1.74. The molecule has 3 aromatic rings. The van der Waals surface area contributed by atoms with Crippen molar-refractivity contribution in [1.82, 2.24) is 10.2 Å². The SMILES string of the molecule is COc1c(Oc2nnc3c(c2C(=O)Nc2cccc(S(C)(=N)=O)c2)CCC3)ccc(F)c1F. The zero-order valence-corrected chi connectivity index (χ0v) is 18.6. The first-order chi connectivity index (χ1) is 15.7. The van der Waals surface area contributed by atoms with E-state index < -0.39 is 33.0 Å². The molecule has 1 amide bonds. The van der Waals surface area contributed by atoms with Crippen molar-refractivity contribution < 1.29 is 27.3 Å². The minimum absolute atomic E-state index is 0.109. The Bertz CT molecular complexity index is 1360. The van der Waals surface area contributed by atoms with E-state index in [1.165, 1.54) is 18.4 Å². The number of hydrogen-bond donors (Lipinski definition) is 2. The third-order valence-corrected chi connectivity index (χ3v) is 6.31. The molecule has 0 fully saturated rings. The molecular weight excluding hydrogens is 454 g/mol. The van der Waals surface area contributed by atoms with Crippen LogP contribution in [0, 0.1) is 16.4 Å². The Labute approximate surface area is 188 Å². The number of amides is 1. The van der Waals surface area contributed by atoms with Crippen molar-refractivity contribution in [1.29, 1.82) is 4.78 Å². The van der Waals surface area contributed by atoms with Crippen molar-refractivity contribution in [2.75, 3.05) is 18.7 Å². The summed E-state index contributed by atoms with van der Waals surface area (Å²) in [7, 11) is -1.81. The van der Waals surface area contributed by atoms with Crippen molar-refractivity contribution in [3.63, 3.8) is 0 Å². The Morgan fingerprint density at radius 3 is 2.70 bits per heavy atom. The molecule has 11 heteroatoms. The fourth-order valence-electron chi connectivity index (χ4n) is 3.60. The van der Waals surface area contributed by atoms with E-state index in [0.29, 0.717) is 29.8 Å². The van der Waals surface area contributed by atoms with Crippen LogP contribution in [0.4, 0.5) is 14.5 Å². The first-order valence-electron chi connectivity index (χ1n) is 9.92. The van der Waals surface area contributed by atoms with Gasteiger partial charge in [0.05, 0.1) is 22.5 Å². The van der Waals surface area contributed by atoms with Crippen LogP contribution in [0.3, 0.4) is 0 Å². The molecule has 4 rings (SSSR count). The lowest BCUT2D eigenvalue weighted by Crippen LogP contribution is -2.17. The van der Waals surface area contributed by atoms with Gasteiger partial charge in [-0.25, -0.2) is 13.4 Å². The molecule has 1 heterocycles. The fourth-order valence-corrected chi connectivity index (χ4v) is 4.29. The number of anilines is 1. The minimum atomic E-state index is -2.98. The van der Waals surface area contributed by atoms with Gasteiger partial charge in [0.2, 0.25) is 11.6 Å². The van der Waals surface area contributed by atoms with Crippen molar-refractivity contribution in [2.45, 2.75) is 24.2 Å². The van der Waals surface area contributed by atoms with E-state index in [9.17, 15) is 17.8 Å². The summed E-state index contributed by atoms with van der Waals surface area (Å²) in [6, 6.07) is 8.23. The molecule has 172 valence electrons. The maximum Gasteiger partial charge on any atom is 0.261 e. The van der Waals surface area contributed by atoms with Crippen molar-refractivity contribution in [2.24, 2.45) is 0 Å². The molecule has 0 saturated heterocycles. The van der Waals surface area contributed by atoms with Gasteiger partial charge in [-0.3, -0.25) is 4.79 Å². The first-order valence-corrected chi connectivity index (χ1v) is 11.9. The molecule has 0 bridgehead atoms. The maximum atomic E-state index is 14.1. The number of hydrogen-bond acceptors (Lipinski definition) is 7. The van der Waals surface area contributed by atoms with Crippen LogP contribution < -0.4 is 14.8 Å². The number of aromatic nitrogens is 2.